The lowest BCUT2D eigenvalue weighted by atomic mass is 10.0. The van der Waals surface area contributed by atoms with Gasteiger partial charge < -0.3 is 9.88 Å². The SMILES string of the molecule is Cc1cc(Cl)ccc1NC(=O)Cn1cnc(S(=O)(=O)N2CCC(C)CC2)c1. The molecule has 0 radical (unpaired) electrons. The molecule has 9 heteroatoms. The number of imidazole rings is 1. The monoisotopic (exact) mass is 410 g/mol. The predicted molar refractivity (Wildman–Crippen MR) is 104 cm³/mol. The standard InChI is InChI=1S/C18H23ClN4O3S/c1-13-5-7-23(8-6-13)27(25,26)18-11-22(12-20-18)10-17(24)21-16-4-3-15(19)9-14(16)2/h3-4,9,11-13H,5-8,10H2,1-2H3,(H,21,24). The Morgan fingerprint density at radius 2 is 2.04 bits per heavy atom. The largest absolute Gasteiger partial charge is 0.327 e. The maximum Gasteiger partial charge on any atom is 0.262 e. The molecule has 0 bridgehead atoms. The fourth-order valence-electron chi connectivity index (χ4n) is 3.04. The van der Waals surface area contributed by atoms with Crippen LogP contribution in [0.25, 0.3) is 0 Å². The van der Waals surface area contributed by atoms with Gasteiger partial charge in [0.25, 0.3) is 10.0 Å². The van der Waals surface area contributed by atoms with Gasteiger partial charge in [-0.15, -0.1) is 0 Å². The normalized spacial score (nSPS) is 16.4. The molecule has 0 spiro atoms. The minimum Gasteiger partial charge on any atom is -0.327 e. The smallest absolute Gasteiger partial charge is 0.262 e. The molecule has 1 N–H and O–H groups in total. The van der Waals surface area contributed by atoms with Crippen LogP contribution in [-0.2, 0) is 21.4 Å². The molecule has 1 fully saturated rings. The topological polar surface area (TPSA) is 84.3 Å². The summed E-state index contributed by atoms with van der Waals surface area (Å²) in [5, 5.41) is 3.37. The van der Waals surface area contributed by atoms with Crippen molar-refractivity contribution in [2.45, 2.75) is 38.3 Å². The average Bonchev–Trinajstić information content (AvgIpc) is 3.07. The first-order valence-electron chi connectivity index (χ1n) is 8.83. The number of nitrogens with zero attached hydrogens (tertiary/aromatic N) is 3. The molecule has 1 amide bonds. The summed E-state index contributed by atoms with van der Waals surface area (Å²) in [6.45, 7) is 4.96. The van der Waals surface area contributed by atoms with Crippen LogP contribution in [0, 0.1) is 12.8 Å². The van der Waals surface area contributed by atoms with Crippen LogP contribution in [0.15, 0.2) is 35.7 Å². The highest BCUT2D eigenvalue weighted by atomic mass is 35.5. The van der Waals surface area contributed by atoms with Crippen LogP contribution in [0.1, 0.15) is 25.3 Å². The predicted octanol–water partition coefficient (Wildman–Crippen LogP) is 2.90. The van der Waals surface area contributed by atoms with Crippen LogP contribution in [0.4, 0.5) is 5.69 Å². The summed E-state index contributed by atoms with van der Waals surface area (Å²) in [5.41, 5.74) is 1.52. The van der Waals surface area contributed by atoms with E-state index in [-0.39, 0.29) is 17.5 Å². The first-order chi connectivity index (χ1) is 12.8. The van der Waals surface area contributed by atoms with Gasteiger partial charge in [0.15, 0.2) is 5.03 Å². The van der Waals surface area contributed by atoms with Gasteiger partial charge in [-0.05, 0) is 49.4 Å². The number of hydrogen-bond acceptors (Lipinski definition) is 4. The first kappa shape index (κ1) is 19.9. The van der Waals surface area contributed by atoms with Gasteiger partial charge in [0.2, 0.25) is 5.91 Å². The highest BCUT2D eigenvalue weighted by Gasteiger charge is 2.29. The lowest BCUT2D eigenvalue weighted by Gasteiger charge is -2.28. The zero-order valence-corrected chi connectivity index (χ0v) is 16.9. The lowest BCUT2D eigenvalue weighted by Crippen LogP contribution is -2.38. The highest BCUT2D eigenvalue weighted by molar-refractivity contribution is 7.89. The van der Waals surface area contributed by atoms with Gasteiger partial charge in [0.1, 0.15) is 6.54 Å². The Morgan fingerprint density at radius 3 is 2.70 bits per heavy atom. The molecule has 0 atom stereocenters. The molecule has 0 aliphatic carbocycles. The number of piperidine rings is 1. The number of carbonyl (C=O) groups is 1. The van der Waals surface area contributed by atoms with Crippen molar-refractivity contribution in [3.05, 3.63) is 41.3 Å². The van der Waals surface area contributed by atoms with E-state index in [1.165, 1.54) is 21.4 Å². The number of anilines is 1. The summed E-state index contributed by atoms with van der Waals surface area (Å²) in [6.07, 6.45) is 4.47. The van der Waals surface area contributed by atoms with Crippen LogP contribution in [0.2, 0.25) is 5.02 Å². The number of aromatic nitrogens is 2. The van der Waals surface area contributed by atoms with Crippen molar-refractivity contribution >= 4 is 33.2 Å². The zero-order valence-electron chi connectivity index (χ0n) is 15.4. The number of rotatable bonds is 5. The van der Waals surface area contributed by atoms with E-state index in [4.69, 9.17) is 11.6 Å². The quantitative estimate of drug-likeness (QED) is 0.821. The van der Waals surface area contributed by atoms with Crippen molar-refractivity contribution in [3.63, 3.8) is 0 Å². The summed E-state index contributed by atoms with van der Waals surface area (Å²) < 4.78 is 28.3. The number of nitrogens with one attached hydrogen (secondary N) is 1. The van der Waals surface area contributed by atoms with E-state index in [2.05, 4.69) is 17.2 Å². The van der Waals surface area contributed by atoms with Crippen LogP contribution in [0.3, 0.4) is 0 Å². The molecule has 0 unspecified atom stereocenters. The van der Waals surface area contributed by atoms with E-state index in [1.807, 2.05) is 6.92 Å². The molecule has 1 aromatic carbocycles. The number of carbonyl (C=O) groups excluding carboxylic acids is 1. The molecule has 2 heterocycles. The van der Waals surface area contributed by atoms with Crippen molar-refractivity contribution in [2.75, 3.05) is 18.4 Å². The Labute approximate surface area is 164 Å². The van der Waals surface area contributed by atoms with Crippen LogP contribution < -0.4 is 5.32 Å². The molecule has 146 valence electrons. The Kier molecular flexibility index (Phi) is 5.88. The molecule has 1 saturated heterocycles. The molecule has 27 heavy (non-hydrogen) atoms. The molecule has 1 aromatic heterocycles. The Morgan fingerprint density at radius 1 is 1.33 bits per heavy atom. The van der Waals surface area contributed by atoms with Crippen molar-refractivity contribution in [2.24, 2.45) is 5.92 Å². The average molecular weight is 411 g/mol. The lowest BCUT2D eigenvalue weighted by molar-refractivity contribution is -0.116. The van der Waals surface area contributed by atoms with Crippen LogP contribution >= 0.6 is 11.6 Å². The van der Waals surface area contributed by atoms with E-state index in [0.29, 0.717) is 29.7 Å². The van der Waals surface area contributed by atoms with Gasteiger partial charge in [-0.3, -0.25) is 4.79 Å². The fourth-order valence-corrected chi connectivity index (χ4v) is 4.67. The molecule has 7 nitrogen and oxygen atoms in total. The summed E-state index contributed by atoms with van der Waals surface area (Å²) in [6, 6.07) is 5.20. The number of amides is 1. The van der Waals surface area contributed by atoms with Crippen LogP contribution in [-0.4, -0.2) is 41.3 Å². The van der Waals surface area contributed by atoms with Gasteiger partial charge in [-0.1, -0.05) is 18.5 Å². The first-order valence-corrected chi connectivity index (χ1v) is 10.7. The van der Waals surface area contributed by atoms with Crippen molar-refractivity contribution in [1.82, 2.24) is 13.9 Å². The molecular weight excluding hydrogens is 388 g/mol. The maximum atomic E-state index is 12.7. The van der Waals surface area contributed by atoms with Crippen molar-refractivity contribution in [3.8, 4) is 0 Å². The summed E-state index contributed by atoms with van der Waals surface area (Å²) in [5.74, 6) is 0.266. The van der Waals surface area contributed by atoms with Gasteiger partial charge in [-0.2, -0.15) is 4.31 Å². The van der Waals surface area contributed by atoms with E-state index in [0.717, 1.165) is 18.4 Å². The number of sulfonamides is 1. The summed E-state index contributed by atoms with van der Waals surface area (Å²) in [4.78, 5) is 16.3. The van der Waals surface area contributed by atoms with Crippen molar-refractivity contribution in [1.29, 1.82) is 0 Å². The van der Waals surface area contributed by atoms with Crippen LogP contribution in [0.5, 0.6) is 0 Å². The van der Waals surface area contributed by atoms with Gasteiger partial charge >= 0.3 is 0 Å². The molecule has 3 rings (SSSR count). The Hall–Kier alpha value is -1.90. The maximum absolute atomic E-state index is 12.7. The third-order valence-corrected chi connectivity index (χ3v) is 6.76. The molecule has 1 aliphatic heterocycles. The van der Waals surface area contributed by atoms with E-state index in [9.17, 15) is 13.2 Å². The third kappa shape index (κ3) is 4.69. The van der Waals surface area contributed by atoms with E-state index >= 15 is 0 Å². The zero-order chi connectivity index (χ0) is 19.6. The third-order valence-electron chi connectivity index (χ3n) is 4.75. The minimum atomic E-state index is -3.62. The molecule has 2 aromatic rings. The summed E-state index contributed by atoms with van der Waals surface area (Å²) in [7, 11) is -3.62. The second-order valence-corrected chi connectivity index (χ2v) is 9.30. The number of benzene rings is 1. The van der Waals surface area contributed by atoms with E-state index < -0.39 is 10.0 Å². The minimum absolute atomic E-state index is 0.0208. The number of halogens is 1. The van der Waals surface area contributed by atoms with Gasteiger partial charge in [-0.25, -0.2) is 13.4 Å². The molecular formula is C18H23ClN4O3S. The fraction of sp³-hybridized carbons (Fsp3) is 0.444. The van der Waals surface area contributed by atoms with Gasteiger partial charge in [0.05, 0.1) is 6.33 Å². The summed E-state index contributed by atoms with van der Waals surface area (Å²) >= 11 is 5.91. The highest BCUT2D eigenvalue weighted by Crippen LogP contribution is 2.23. The van der Waals surface area contributed by atoms with E-state index in [1.54, 1.807) is 18.2 Å². The number of aryl methyl sites for hydroxylation is 1. The Bertz CT molecular complexity index is 934. The van der Waals surface area contributed by atoms with Crippen molar-refractivity contribution < 1.29 is 13.2 Å². The second-order valence-electron chi connectivity index (χ2n) is 6.98. The Balaban J connectivity index is 1.66. The second kappa shape index (κ2) is 8.00. The number of hydrogen-bond donors (Lipinski definition) is 1. The van der Waals surface area contributed by atoms with Gasteiger partial charge in [0, 0.05) is 30.0 Å². The molecule has 1 aliphatic rings. The molecule has 0 saturated carbocycles.